The van der Waals surface area contributed by atoms with E-state index in [4.69, 9.17) is 0 Å². The van der Waals surface area contributed by atoms with Crippen molar-refractivity contribution in [2.24, 2.45) is 11.3 Å². The van der Waals surface area contributed by atoms with Crippen LogP contribution in [0.1, 0.15) is 48.0 Å². The molecule has 2 unspecified atom stereocenters. The van der Waals surface area contributed by atoms with Crippen LogP contribution in [-0.2, 0) is 0 Å². The highest BCUT2D eigenvalue weighted by Crippen LogP contribution is 2.23. The summed E-state index contributed by atoms with van der Waals surface area (Å²) in [6, 6.07) is 0.626. The van der Waals surface area contributed by atoms with E-state index in [1.165, 1.54) is 13.0 Å². The molecule has 0 rings (SSSR count). The third kappa shape index (κ3) is 6.49. The average Bonchev–Trinajstić information content (AvgIpc) is 2.15. The Bertz CT molecular complexity index is 172. The van der Waals surface area contributed by atoms with Crippen molar-refractivity contribution in [3.05, 3.63) is 0 Å². The molecule has 2 nitrogen and oxygen atoms in total. The number of nitrogens with one attached hydrogen (secondary N) is 1. The summed E-state index contributed by atoms with van der Waals surface area (Å²) in [4.78, 5) is 2.48. The molecule has 0 aliphatic heterocycles. The Labute approximate surface area is 103 Å². The smallest absolute Gasteiger partial charge is 0.0112 e. The van der Waals surface area contributed by atoms with Crippen molar-refractivity contribution in [2.75, 3.05) is 26.7 Å². The van der Waals surface area contributed by atoms with Gasteiger partial charge in [-0.3, -0.25) is 0 Å². The number of nitrogens with zero attached hydrogens (tertiary/aromatic N) is 1. The quantitative estimate of drug-likeness (QED) is 0.674. The molecule has 0 radical (unpaired) electrons. The lowest BCUT2D eigenvalue weighted by atomic mass is 9.87. The first-order valence-electron chi connectivity index (χ1n) is 6.70. The Morgan fingerprint density at radius 2 is 1.75 bits per heavy atom. The third-order valence-corrected chi connectivity index (χ3v) is 3.43. The van der Waals surface area contributed by atoms with E-state index < -0.39 is 0 Å². The van der Waals surface area contributed by atoms with Gasteiger partial charge in [-0.15, -0.1) is 0 Å². The maximum absolute atomic E-state index is 3.49. The fourth-order valence-electron chi connectivity index (χ4n) is 1.90. The van der Waals surface area contributed by atoms with Crippen molar-refractivity contribution in [3.8, 4) is 0 Å². The molecular formula is C14H32N2. The van der Waals surface area contributed by atoms with Crippen molar-refractivity contribution in [1.82, 2.24) is 10.2 Å². The monoisotopic (exact) mass is 228 g/mol. The van der Waals surface area contributed by atoms with E-state index in [0.29, 0.717) is 11.5 Å². The molecule has 0 amide bonds. The van der Waals surface area contributed by atoms with Gasteiger partial charge < -0.3 is 10.2 Å². The van der Waals surface area contributed by atoms with Crippen LogP contribution >= 0.6 is 0 Å². The zero-order chi connectivity index (χ0) is 12.8. The molecule has 2 atom stereocenters. The Morgan fingerprint density at radius 1 is 1.19 bits per heavy atom. The maximum Gasteiger partial charge on any atom is 0.0112 e. The highest BCUT2D eigenvalue weighted by Gasteiger charge is 2.24. The summed E-state index contributed by atoms with van der Waals surface area (Å²) < 4.78 is 0. The van der Waals surface area contributed by atoms with Gasteiger partial charge in [0.2, 0.25) is 0 Å². The van der Waals surface area contributed by atoms with Crippen LogP contribution in [0.25, 0.3) is 0 Å². The zero-order valence-electron chi connectivity index (χ0n) is 12.4. The minimum atomic E-state index is 0.366. The van der Waals surface area contributed by atoms with E-state index in [-0.39, 0.29) is 0 Å². The summed E-state index contributed by atoms with van der Waals surface area (Å²) in [5.74, 6) is 0.723. The molecular weight excluding hydrogens is 196 g/mol. The van der Waals surface area contributed by atoms with Gasteiger partial charge in [-0.25, -0.2) is 0 Å². The lowest BCUT2D eigenvalue weighted by Gasteiger charge is -2.36. The summed E-state index contributed by atoms with van der Waals surface area (Å²) in [5.41, 5.74) is 0.366. The van der Waals surface area contributed by atoms with Gasteiger partial charge >= 0.3 is 0 Å². The van der Waals surface area contributed by atoms with Crippen LogP contribution < -0.4 is 5.32 Å². The number of rotatable bonds is 7. The molecule has 0 spiro atoms. The Morgan fingerprint density at radius 3 is 2.19 bits per heavy atom. The van der Waals surface area contributed by atoms with Crippen LogP contribution in [0.2, 0.25) is 0 Å². The van der Waals surface area contributed by atoms with Crippen LogP contribution in [0.4, 0.5) is 0 Å². The fraction of sp³-hybridized carbons (Fsp3) is 1.00. The van der Waals surface area contributed by atoms with E-state index >= 15 is 0 Å². The third-order valence-electron chi connectivity index (χ3n) is 3.43. The summed E-state index contributed by atoms with van der Waals surface area (Å²) in [5, 5.41) is 3.49. The van der Waals surface area contributed by atoms with Crippen molar-refractivity contribution < 1.29 is 0 Å². The molecule has 0 heterocycles. The first-order valence-corrected chi connectivity index (χ1v) is 6.70. The highest BCUT2D eigenvalue weighted by atomic mass is 15.1. The lowest BCUT2D eigenvalue weighted by Crippen LogP contribution is -2.42. The van der Waals surface area contributed by atoms with E-state index in [1.807, 2.05) is 0 Å². The summed E-state index contributed by atoms with van der Waals surface area (Å²) in [7, 11) is 2.24. The van der Waals surface area contributed by atoms with E-state index in [2.05, 4.69) is 58.8 Å². The standard InChI is InChI=1S/C14H32N2/c1-8-9-15-10-12(2)11-16(7)13(3)14(4,5)6/h12-13,15H,8-11H2,1-7H3. The van der Waals surface area contributed by atoms with Gasteiger partial charge in [0.05, 0.1) is 0 Å². The maximum atomic E-state index is 3.49. The molecule has 0 aromatic rings. The minimum Gasteiger partial charge on any atom is -0.316 e. The van der Waals surface area contributed by atoms with Crippen molar-refractivity contribution in [2.45, 2.75) is 54.0 Å². The summed E-state index contributed by atoms with van der Waals surface area (Å²) in [6.07, 6.45) is 1.22. The normalized spacial score (nSPS) is 16.5. The van der Waals surface area contributed by atoms with Gasteiger partial charge in [-0.1, -0.05) is 34.6 Å². The van der Waals surface area contributed by atoms with Crippen LogP contribution in [0, 0.1) is 11.3 Å². The second-order valence-corrected chi connectivity index (χ2v) is 6.29. The molecule has 16 heavy (non-hydrogen) atoms. The van der Waals surface area contributed by atoms with Crippen LogP contribution in [-0.4, -0.2) is 37.6 Å². The molecule has 0 aliphatic rings. The van der Waals surface area contributed by atoms with Gasteiger partial charge in [-0.05, 0) is 44.8 Å². The lowest BCUT2D eigenvalue weighted by molar-refractivity contribution is 0.125. The first-order chi connectivity index (χ1) is 7.29. The molecule has 1 N–H and O–H groups in total. The largest absolute Gasteiger partial charge is 0.316 e. The molecule has 0 saturated heterocycles. The molecule has 98 valence electrons. The van der Waals surface area contributed by atoms with Crippen molar-refractivity contribution in [1.29, 1.82) is 0 Å². The molecule has 0 bridgehead atoms. The summed E-state index contributed by atoms with van der Waals surface area (Å²) >= 11 is 0. The molecule has 2 heteroatoms. The highest BCUT2D eigenvalue weighted by molar-refractivity contribution is 4.78. The molecule has 0 aliphatic carbocycles. The molecule has 0 aromatic heterocycles. The summed E-state index contributed by atoms with van der Waals surface area (Å²) in [6.45, 7) is 17.3. The van der Waals surface area contributed by atoms with Gasteiger partial charge in [0.1, 0.15) is 0 Å². The molecule has 0 saturated carbocycles. The van der Waals surface area contributed by atoms with Crippen molar-refractivity contribution in [3.63, 3.8) is 0 Å². The Hall–Kier alpha value is -0.0800. The minimum absolute atomic E-state index is 0.366. The fourth-order valence-corrected chi connectivity index (χ4v) is 1.90. The molecule has 0 aromatic carbocycles. The average molecular weight is 228 g/mol. The second kappa shape index (κ2) is 7.29. The first kappa shape index (κ1) is 15.9. The van der Waals surface area contributed by atoms with Gasteiger partial charge in [0.15, 0.2) is 0 Å². The van der Waals surface area contributed by atoms with Crippen molar-refractivity contribution >= 4 is 0 Å². The molecule has 0 fully saturated rings. The van der Waals surface area contributed by atoms with Crippen LogP contribution in [0.3, 0.4) is 0 Å². The predicted octanol–water partition coefficient (Wildman–Crippen LogP) is 2.99. The Balaban J connectivity index is 3.90. The number of hydrogen-bond acceptors (Lipinski definition) is 2. The zero-order valence-corrected chi connectivity index (χ0v) is 12.4. The van der Waals surface area contributed by atoms with E-state index in [9.17, 15) is 0 Å². The Kier molecular flexibility index (Phi) is 7.25. The van der Waals surface area contributed by atoms with Crippen LogP contribution in [0.15, 0.2) is 0 Å². The second-order valence-electron chi connectivity index (χ2n) is 6.29. The number of hydrogen-bond donors (Lipinski definition) is 1. The van der Waals surface area contributed by atoms with Gasteiger partial charge in [0, 0.05) is 12.6 Å². The topological polar surface area (TPSA) is 15.3 Å². The van der Waals surface area contributed by atoms with E-state index in [0.717, 1.165) is 19.0 Å². The SMILES string of the molecule is CCCNCC(C)CN(C)C(C)C(C)(C)C. The predicted molar refractivity (Wildman–Crippen MR) is 73.9 cm³/mol. The van der Waals surface area contributed by atoms with Crippen LogP contribution in [0.5, 0.6) is 0 Å². The van der Waals surface area contributed by atoms with Gasteiger partial charge in [-0.2, -0.15) is 0 Å². The van der Waals surface area contributed by atoms with Gasteiger partial charge in [0.25, 0.3) is 0 Å². The van der Waals surface area contributed by atoms with E-state index in [1.54, 1.807) is 0 Å².